The van der Waals surface area contributed by atoms with Crippen LogP contribution in [0, 0.1) is 10.1 Å². The van der Waals surface area contributed by atoms with E-state index in [9.17, 15) is 10.1 Å². The van der Waals surface area contributed by atoms with E-state index in [0.29, 0.717) is 19.7 Å². The lowest BCUT2D eigenvalue weighted by molar-refractivity contribution is -0.384. The predicted octanol–water partition coefficient (Wildman–Crippen LogP) is 1.31. The van der Waals surface area contributed by atoms with Crippen molar-refractivity contribution in [1.29, 1.82) is 0 Å². The number of rotatable bonds is 3. The molecule has 2 aromatic rings. The first kappa shape index (κ1) is 13.7. The number of fused-ring (bicyclic) bond motifs is 1. The molecule has 7 nitrogen and oxygen atoms in total. The Labute approximate surface area is 121 Å². The van der Waals surface area contributed by atoms with Gasteiger partial charge in [0.05, 0.1) is 23.2 Å². The Hall–Kier alpha value is -2.25. The number of hydrogen-bond donors (Lipinski definition) is 1. The molecule has 0 spiro atoms. The first-order chi connectivity index (χ1) is 10.2. The average molecular weight is 288 g/mol. The van der Waals surface area contributed by atoms with Gasteiger partial charge in [-0.2, -0.15) is 0 Å². The molecule has 0 aliphatic carbocycles. The van der Waals surface area contributed by atoms with Gasteiger partial charge >= 0.3 is 0 Å². The average Bonchev–Trinajstić information content (AvgIpc) is 2.53. The molecule has 1 unspecified atom stereocenters. The standard InChI is InChI=1S/C14H16N4O3/c15-8-12-9-17(5-6-21-12)14-4-1-10-7-11(18(19)20)2-3-13(10)16-14/h1-4,7,12H,5-6,8-9,15H2. The SMILES string of the molecule is NCC1CN(c2ccc3cc([N+](=O)[O-])ccc3n2)CCO1. The normalized spacial score (nSPS) is 18.9. The minimum Gasteiger partial charge on any atom is -0.373 e. The molecule has 1 aromatic carbocycles. The molecule has 0 radical (unpaired) electrons. The molecule has 1 aliphatic rings. The molecule has 2 heterocycles. The summed E-state index contributed by atoms with van der Waals surface area (Å²) in [6.45, 7) is 2.59. The van der Waals surface area contributed by atoms with E-state index in [1.165, 1.54) is 12.1 Å². The smallest absolute Gasteiger partial charge is 0.270 e. The van der Waals surface area contributed by atoms with Gasteiger partial charge < -0.3 is 15.4 Å². The molecule has 1 aliphatic heterocycles. The molecular weight excluding hydrogens is 272 g/mol. The number of nitro groups is 1. The fourth-order valence-corrected chi connectivity index (χ4v) is 2.46. The van der Waals surface area contributed by atoms with Gasteiger partial charge in [-0.25, -0.2) is 4.98 Å². The van der Waals surface area contributed by atoms with Gasteiger partial charge in [0, 0.05) is 37.2 Å². The van der Waals surface area contributed by atoms with Crippen molar-refractivity contribution in [3.63, 3.8) is 0 Å². The third kappa shape index (κ3) is 2.79. The van der Waals surface area contributed by atoms with Gasteiger partial charge in [-0.15, -0.1) is 0 Å². The zero-order valence-electron chi connectivity index (χ0n) is 11.4. The molecule has 1 aromatic heterocycles. The van der Waals surface area contributed by atoms with Crippen molar-refractivity contribution in [2.24, 2.45) is 5.73 Å². The van der Waals surface area contributed by atoms with E-state index in [1.807, 2.05) is 12.1 Å². The molecule has 1 atom stereocenters. The number of non-ortho nitro benzene ring substituents is 1. The molecule has 2 N–H and O–H groups in total. The lowest BCUT2D eigenvalue weighted by Crippen LogP contribution is -2.46. The van der Waals surface area contributed by atoms with Gasteiger partial charge in [-0.1, -0.05) is 0 Å². The zero-order chi connectivity index (χ0) is 14.8. The molecule has 3 rings (SSSR count). The van der Waals surface area contributed by atoms with E-state index in [0.717, 1.165) is 23.3 Å². The summed E-state index contributed by atoms with van der Waals surface area (Å²) < 4.78 is 5.54. The third-order valence-corrected chi connectivity index (χ3v) is 3.59. The summed E-state index contributed by atoms with van der Waals surface area (Å²) in [5, 5.41) is 11.5. The fraction of sp³-hybridized carbons (Fsp3) is 0.357. The van der Waals surface area contributed by atoms with Gasteiger partial charge in [0.15, 0.2) is 0 Å². The van der Waals surface area contributed by atoms with Crippen LogP contribution in [0.3, 0.4) is 0 Å². The highest BCUT2D eigenvalue weighted by molar-refractivity contribution is 5.82. The Bertz CT molecular complexity index is 676. The molecule has 0 bridgehead atoms. The molecule has 21 heavy (non-hydrogen) atoms. The van der Waals surface area contributed by atoms with Gasteiger partial charge in [-0.05, 0) is 18.2 Å². The molecule has 1 saturated heterocycles. The summed E-state index contributed by atoms with van der Waals surface area (Å²) in [5.41, 5.74) is 6.46. The highest BCUT2D eigenvalue weighted by atomic mass is 16.6. The second kappa shape index (κ2) is 5.63. The summed E-state index contributed by atoms with van der Waals surface area (Å²) >= 11 is 0. The summed E-state index contributed by atoms with van der Waals surface area (Å²) in [6.07, 6.45) is 0.0214. The van der Waals surface area contributed by atoms with Crippen molar-refractivity contribution in [2.75, 3.05) is 31.1 Å². The Morgan fingerprint density at radius 3 is 3.05 bits per heavy atom. The predicted molar refractivity (Wildman–Crippen MR) is 79.4 cm³/mol. The van der Waals surface area contributed by atoms with Gasteiger partial charge in [0.2, 0.25) is 0 Å². The minimum absolute atomic E-state index is 0.0214. The van der Waals surface area contributed by atoms with Crippen LogP contribution in [0.15, 0.2) is 30.3 Å². The van der Waals surface area contributed by atoms with Crippen LogP contribution < -0.4 is 10.6 Å². The number of benzene rings is 1. The third-order valence-electron chi connectivity index (χ3n) is 3.59. The van der Waals surface area contributed by atoms with Crippen molar-refractivity contribution in [1.82, 2.24) is 4.98 Å². The second-order valence-corrected chi connectivity index (χ2v) is 4.98. The van der Waals surface area contributed by atoms with E-state index >= 15 is 0 Å². The molecule has 110 valence electrons. The number of nitro benzene ring substituents is 1. The van der Waals surface area contributed by atoms with Crippen molar-refractivity contribution in [2.45, 2.75) is 6.10 Å². The van der Waals surface area contributed by atoms with Crippen molar-refractivity contribution >= 4 is 22.4 Å². The lowest BCUT2D eigenvalue weighted by Gasteiger charge is -2.33. The maximum Gasteiger partial charge on any atom is 0.270 e. The highest BCUT2D eigenvalue weighted by Gasteiger charge is 2.20. The van der Waals surface area contributed by atoms with E-state index in [2.05, 4.69) is 9.88 Å². The van der Waals surface area contributed by atoms with Gasteiger partial charge in [0.25, 0.3) is 5.69 Å². The van der Waals surface area contributed by atoms with E-state index in [1.54, 1.807) is 6.07 Å². The number of aromatic nitrogens is 1. The highest BCUT2D eigenvalue weighted by Crippen LogP contribution is 2.23. The molecule has 0 amide bonds. The van der Waals surface area contributed by atoms with Crippen LogP contribution in [0.2, 0.25) is 0 Å². The summed E-state index contributed by atoms with van der Waals surface area (Å²) in [7, 11) is 0. The summed E-state index contributed by atoms with van der Waals surface area (Å²) in [5.74, 6) is 0.845. The number of nitrogens with two attached hydrogens (primary N) is 1. The molecule has 7 heteroatoms. The fourth-order valence-electron chi connectivity index (χ4n) is 2.46. The number of nitrogens with zero attached hydrogens (tertiary/aromatic N) is 3. The number of hydrogen-bond acceptors (Lipinski definition) is 6. The van der Waals surface area contributed by atoms with Crippen LogP contribution in [0.25, 0.3) is 10.9 Å². The minimum atomic E-state index is -0.402. The first-order valence-corrected chi connectivity index (χ1v) is 6.79. The lowest BCUT2D eigenvalue weighted by atomic mass is 10.2. The Morgan fingerprint density at radius 2 is 2.29 bits per heavy atom. The summed E-state index contributed by atoms with van der Waals surface area (Å²) in [4.78, 5) is 17.1. The Morgan fingerprint density at radius 1 is 1.43 bits per heavy atom. The largest absolute Gasteiger partial charge is 0.373 e. The van der Waals surface area contributed by atoms with Crippen molar-refractivity contribution < 1.29 is 9.66 Å². The van der Waals surface area contributed by atoms with Crippen LogP contribution in [0.5, 0.6) is 0 Å². The maximum atomic E-state index is 10.8. The molecule has 1 fully saturated rings. The first-order valence-electron chi connectivity index (χ1n) is 6.79. The van der Waals surface area contributed by atoms with Crippen LogP contribution >= 0.6 is 0 Å². The van der Waals surface area contributed by atoms with Crippen LogP contribution in [0.4, 0.5) is 11.5 Å². The van der Waals surface area contributed by atoms with Crippen molar-refractivity contribution in [3.8, 4) is 0 Å². The van der Waals surface area contributed by atoms with E-state index in [4.69, 9.17) is 10.5 Å². The Kier molecular flexibility index (Phi) is 3.68. The van der Waals surface area contributed by atoms with E-state index in [-0.39, 0.29) is 11.8 Å². The number of anilines is 1. The molecular formula is C14H16N4O3. The van der Waals surface area contributed by atoms with E-state index < -0.39 is 4.92 Å². The topological polar surface area (TPSA) is 94.5 Å². The number of pyridine rings is 1. The zero-order valence-corrected chi connectivity index (χ0v) is 11.4. The van der Waals surface area contributed by atoms with Gasteiger partial charge in [-0.3, -0.25) is 10.1 Å². The van der Waals surface area contributed by atoms with Crippen LogP contribution in [-0.4, -0.2) is 42.3 Å². The van der Waals surface area contributed by atoms with Gasteiger partial charge in [0.1, 0.15) is 5.82 Å². The Balaban J connectivity index is 1.90. The molecule has 0 saturated carbocycles. The van der Waals surface area contributed by atoms with Crippen molar-refractivity contribution in [3.05, 3.63) is 40.4 Å². The number of ether oxygens (including phenoxy) is 1. The summed E-state index contributed by atoms with van der Waals surface area (Å²) in [6, 6.07) is 8.43. The van der Waals surface area contributed by atoms with Crippen LogP contribution in [0.1, 0.15) is 0 Å². The van der Waals surface area contributed by atoms with Crippen LogP contribution in [-0.2, 0) is 4.74 Å². The monoisotopic (exact) mass is 288 g/mol. The maximum absolute atomic E-state index is 10.8. The number of morpholine rings is 1. The second-order valence-electron chi connectivity index (χ2n) is 4.98. The quantitative estimate of drug-likeness (QED) is 0.676.